The Morgan fingerprint density at radius 3 is 2.29 bits per heavy atom. The molecule has 0 saturated heterocycles. The van der Waals surface area contributed by atoms with Gasteiger partial charge >= 0.3 is 0 Å². The molecular weight excluding hydrogens is 216 g/mol. The third-order valence-corrected chi connectivity index (χ3v) is 2.98. The number of hydrogen-bond donors (Lipinski definition) is 2. The van der Waals surface area contributed by atoms with Gasteiger partial charge in [0.2, 0.25) is 0 Å². The maximum Gasteiger partial charge on any atom is 0.0623 e. The molecule has 2 N–H and O–H groups in total. The summed E-state index contributed by atoms with van der Waals surface area (Å²) in [5, 5.41) is 13.0. The third-order valence-electron chi connectivity index (χ3n) is 2.98. The Labute approximate surface area is 106 Å². The van der Waals surface area contributed by atoms with Crippen molar-refractivity contribution in [2.24, 2.45) is 0 Å². The Morgan fingerprint density at radius 1 is 1.35 bits per heavy atom. The molecule has 0 saturated carbocycles. The number of likely N-dealkylation sites (N-methyl/N-ethyl adjacent to an activating group) is 1. The lowest BCUT2D eigenvalue weighted by atomic mass is 10.0. The van der Waals surface area contributed by atoms with Crippen LogP contribution in [0.25, 0.3) is 0 Å². The fourth-order valence-corrected chi connectivity index (χ4v) is 2.21. The summed E-state index contributed by atoms with van der Waals surface area (Å²) in [5.74, 6) is 0. The summed E-state index contributed by atoms with van der Waals surface area (Å²) in [6.07, 6.45) is 0. The molecule has 0 aromatic rings. The number of methoxy groups -OCH3 is 1. The molecule has 0 radical (unpaired) electrons. The molecule has 0 heterocycles. The Kier molecular flexibility index (Phi) is 7.96. The van der Waals surface area contributed by atoms with Crippen molar-refractivity contribution >= 4 is 0 Å². The maximum absolute atomic E-state index is 9.57. The molecule has 2 atom stereocenters. The van der Waals surface area contributed by atoms with Crippen molar-refractivity contribution in [1.29, 1.82) is 0 Å². The highest BCUT2D eigenvalue weighted by Crippen LogP contribution is 2.10. The maximum atomic E-state index is 9.57. The minimum atomic E-state index is -0.258. The molecule has 0 aromatic heterocycles. The van der Waals surface area contributed by atoms with Crippen LogP contribution in [0.3, 0.4) is 0 Å². The van der Waals surface area contributed by atoms with Gasteiger partial charge < -0.3 is 15.2 Å². The fraction of sp³-hybridized carbons (Fsp3) is 1.00. The minimum Gasteiger partial charge on any atom is -0.394 e. The number of aliphatic hydroxyl groups excluding tert-OH is 1. The summed E-state index contributed by atoms with van der Waals surface area (Å²) in [6, 6.07) is 0.730. The lowest BCUT2D eigenvalue weighted by Crippen LogP contribution is -2.57. The van der Waals surface area contributed by atoms with Crippen molar-refractivity contribution in [2.45, 2.75) is 52.2 Å². The van der Waals surface area contributed by atoms with E-state index < -0.39 is 0 Å². The molecule has 0 aromatic carbocycles. The van der Waals surface area contributed by atoms with Crippen LogP contribution in [0.2, 0.25) is 0 Å². The summed E-state index contributed by atoms with van der Waals surface area (Å²) >= 11 is 0. The first kappa shape index (κ1) is 16.8. The topological polar surface area (TPSA) is 44.7 Å². The Morgan fingerprint density at radius 2 is 1.94 bits per heavy atom. The van der Waals surface area contributed by atoms with Crippen LogP contribution in [0, 0.1) is 0 Å². The van der Waals surface area contributed by atoms with E-state index >= 15 is 0 Å². The van der Waals surface area contributed by atoms with Crippen molar-refractivity contribution in [2.75, 3.05) is 33.4 Å². The van der Waals surface area contributed by atoms with Gasteiger partial charge in [0.15, 0.2) is 0 Å². The van der Waals surface area contributed by atoms with Gasteiger partial charge in [-0.2, -0.15) is 0 Å². The first-order valence-electron chi connectivity index (χ1n) is 6.50. The molecule has 0 amide bonds. The van der Waals surface area contributed by atoms with Crippen LogP contribution in [-0.2, 0) is 4.74 Å². The average Bonchev–Trinajstić information content (AvgIpc) is 2.25. The molecule has 0 aliphatic heterocycles. The molecule has 0 rings (SSSR count). The fourth-order valence-electron chi connectivity index (χ4n) is 2.21. The molecule has 0 aliphatic rings. The number of aliphatic hydroxyl groups is 1. The van der Waals surface area contributed by atoms with Crippen molar-refractivity contribution in [3.63, 3.8) is 0 Å². The summed E-state index contributed by atoms with van der Waals surface area (Å²) in [6.45, 7) is 13.2. The average molecular weight is 246 g/mol. The number of nitrogens with zero attached hydrogens (tertiary/aromatic N) is 1. The van der Waals surface area contributed by atoms with Gasteiger partial charge in [0, 0.05) is 25.7 Å². The van der Waals surface area contributed by atoms with Crippen LogP contribution in [0.15, 0.2) is 0 Å². The molecule has 104 valence electrons. The van der Waals surface area contributed by atoms with Crippen LogP contribution in [0.4, 0.5) is 0 Å². The predicted octanol–water partition coefficient (Wildman–Crippen LogP) is 1.09. The molecule has 4 heteroatoms. The van der Waals surface area contributed by atoms with Crippen LogP contribution in [-0.4, -0.2) is 61.0 Å². The molecule has 0 fully saturated rings. The van der Waals surface area contributed by atoms with Gasteiger partial charge in [-0.05, 0) is 20.4 Å². The lowest BCUT2D eigenvalue weighted by Gasteiger charge is -2.38. The Bertz CT molecular complexity index is 200. The van der Waals surface area contributed by atoms with E-state index in [1.165, 1.54) is 0 Å². The summed E-state index contributed by atoms with van der Waals surface area (Å²) in [7, 11) is 1.72. The molecule has 4 nitrogen and oxygen atoms in total. The Hall–Kier alpha value is -0.160. The van der Waals surface area contributed by atoms with Gasteiger partial charge in [-0.3, -0.25) is 4.90 Å². The number of nitrogens with one attached hydrogen (secondary N) is 1. The van der Waals surface area contributed by atoms with Crippen LogP contribution in [0.1, 0.15) is 34.6 Å². The highest BCUT2D eigenvalue weighted by Gasteiger charge is 2.28. The lowest BCUT2D eigenvalue weighted by molar-refractivity contribution is 0.0605. The molecule has 0 spiro atoms. The largest absolute Gasteiger partial charge is 0.394 e. The second-order valence-corrected chi connectivity index (χ2v) is 5.39. The second-order valence-electron chi connectivity index (χ2n) is 5.39. The van der Waals surface area contributed by atoms with Gasteiger partial charge in [-0.25, -0.2) is 0 Å². The SMILES string of the molecule is CCN(CC(C)(CO)NC(C)C)C(C)COC. The zero-order valence-electron chi connectivity index (χ0n) is 12.3. The Balaban J connectivity index is 4.49. The van der Waals surface area contributed by atoms with E-state index in [1.54, 1.807) is 7.11 Å². The number of hydrogen-bond acceptors (Lipinski definition) is 4. The van der Waals surface area contributed by atoms with Crippen molar-refractivity contribution < 1.29 is 9.84 Å². The highest BCUT2D eigenvalue weighted by molar-refractivity contribution is 4.88. The standard InChI is InChI=1S/C13H30N2O2/c1-7-15(12(4)8-17-6)9-13(5,10-16)14-11(2)3/h11-12,14,16H,7-10H2,1-6H3. The van der Waals surface area contributed by atoms with E-state index in [-0.39, 0.29) is 12.1 Å². The van der Waals surface area contributed by atoms with Crippen LogP contribution in [0.5, 0.6) is 0 Å². The van der Waals surface area contributed by atoms with E-state index in [0.717, 1.165) is 19.7 Å². The van der Waals surface area contributed by atoms with Gasteiger partial charge in [0.1, 0.15) is 0 Å². The monoisotopic (exact) mass is 246 g/mol. The highest BCUT2D eigenvalue weighted by atomic mass is 16.5. The van der Waals surface area contributed by atoms with E-state index in [4.69, 9.17) is 4.74 Å². The van der Waals surface area contributed by atoms with Crippen LogP contribution < -0.4 is 5.32 Å². The van der Waals surface area contributed by atoms with Gasteiger partial charge in [-0.1, -0.05) is 20.8 Å². The first-order valence-corrected chi connectivity index (χ1v) is 6.50. The second kappa shape index (κ2) is 8.03. The van der Waals surface area contributed by atoms with Gasteiger partial charge in [0.25, 0.3) is 0 Å². The predicted molar refractivity (Wildman–Crippen MR) is 72.3 cm³/mol. The first-order chi connectivity index (χ1) is 7.88. The molecule has 0 aliphatic carbocycles. The van der Waals surface area contributed by atoms with E-state index in [0.29, 0.717) is 12.1 Å². The molecule has 2 unspecified atom stereocenters. The van der Waals surface area contributed by atoms with Crippen molar-refractivity contribution in [1.82, 2.24) is 10.2 Å². The normalized spacial score (nSPS) is 17.5. The number of rotatable bonds is 9. The summed E-state index contributed by atoms with van der Waals surface area (Å²) in [5.41, 5.74) is -0.258. The minimum absolute atomic E-state index is 0.140. The van der Waals surface area contributed by atoms with Crippen molar-refractivity contribution in [3.05, 3.63) is 0 Å². The summed E-state index contributed by atoms with van der Waals surface area (Å²) in [4.78, 5) is 2.33. The van der Waals surface area contributed by atoms with E-state index in [1.807, 2.05) is 0 Å². The summed E-state index contributed by atoms with van der Waals surface area (Å²) < 4.78 is 5.19. The third kappa shape index (κ3) is 6.36. The van der Waals surface area contributed by atoms with Crippen LogP contribution >= 0.6 is 0 Å². The number of ether oxygens (including phenoxy) is 1. The van der Waals surface area contributed by atoms with Crippen molar-refractivity contribution in [3.8, 4) is 0 Å². The smallest absolute Gasteiger partial charge is 0.0623 e. The molecule has 0 bridgehead atoms. The van der Waals surface area contributed by atoms with E-state index in [2.05, 4.69) is 44.8 Å². The zero-order valence-corrected chi connectivity index (χ0v) is 12.3. The molecule has 17 heavy (non-hydrogen) atoms. The van der Waals surface area contributed by atoms with Gasteiger partial charge in [-0.15, -0.1) is 0 Å². The van der Waals surface area contributed by atoms with E-state index in [9.17, 15) is 5.11 Å². The van der Waals surface area contributed by atoms with Gasteiger partial charge in [0.05, 0.1) is 18.8 Å². The zero-order chi connectivity index (χ0) is 13.5. The molecular formula is C13H30N2O2. The quantitative estimate of drug-likeness (QED) is 0.639.